The molecule has 5 rings (SSSR count). The fourth-order valence-corrected chi connectivity index (χ4v) is 5.48. The van der Waals surface area contributed by atoms with Crippen molar-refractivity contribution in [3.63, 3.8) is 0 Å². The van der Waals surface area contributed by atoms with Crippen LogP contribution in [-0.4, -0.2) is 55.5 Å². The Morgan fingerprint density at radius 1 is 1.09 bits per heavy atom. The number of hydrogen-bond acceptors (Lipinski definition) is 6. The summed E-state index contributed by atoms with van der Waals surface area (Å²) in [5.74, 6) is 2.25. The third-order valence-corrected chi connectivity index (χ3v) is 7.64. The number of nitrogens with one attached hydrogen (secondary N) is 1. The number of rotatable bonds is 7. The van der Waals surface area contributed by atoms with Gasteiger partial charge in [0.25, 0.3) is 0 Å². The minimum Gasteiger partial charge on any atom is -0.616 e. The Bertz CT molecular complexity index is 1320. The molecule has 180 valence electrons. The Morgan fingerprint density at radius 2 is 1.94 bits per heavy atom. The number of halogens is 2. The van der Waals surface area contributed by atoms with Crippen molar-refractivity contribution in [1.82, 2.24) is 19.9 Å². The molecule has 35 heavy (non-hydrogen) atoms. The molecular weight excluding hydrogens is 485 g/mol. The summed E-state index contributed by atoms with van der Waals surface area (Å²) in [6, 6.07) is 14.5. The minimum absolute atomic E-state index is 0.0445. The molecule has 0 atom stereocenters. The Labute approximate surface area is 211 Å². The van der Waals surface area contributed by atoms with E-state index in [-0.39, 0.29) is 5.02 Å². The number of hydrogen-bond donors (Lipinski definition) is 1. The molecule has 0 spiro atoms. The highest BCUT2D eigenvalue weighted by Gasteiger charge is 2.18. The van der Waals surface area contributed by atoms with Crippen molar-refractivity contribution in [2.75, 3.05) is 36.5 Å². The van der Waals surface area contributed by atoms with E-state index in [2.05, 4.69) is 27.3 Å². The standard InChI is InChI=1S/C26H25ClFN5OS/c27-22-16-20(6-7-23(22)28)30-26-21-15-18(3-2-10-33-11-13-35(34)14-12-33)5-8-24(21)31-25(32-26)19-4-1-9-29-17-19/h1,4-9,15-17H,2-3,10-14H2,(H,30,31,32). The third-order valence-electron chi connectivity index (χ3n) is 6.07. The van der Waals surface area contributed by atoms with E-state index in [0.717, 1.165) is 60.4 Å². The zero-order valence-corrected chi connectivity index (χ0v) is 20.7. The molecule has 1 aliphatic rings. The Kier molecular flexibility index (Phi) is 7.43. The molecule has 0 unspecified atom stereocenters. The van der Waals surface area contributed by atoms with Crippen LogP contribution >= 0.6 is 11.6 Å². The molecule has 0 saturated carbocycles. The van der Waals surface area contributed by atoms with E-state index in [0.29, 0.717) is 17.3 Å². The first-order valence-electron chi connectivity index (χ1n) is 11.6. The average Bonchev–Trinajstić information content (AvgIpc) is 2.88. The summed E-state index contributed by atoms with van der Waals surface area (Å²) in [5.41, 5.74) is 3.44. The molecule has 9 heteroatoms. The molecule has 2 aromatic heterocycles. The quantitative estimate of drug-likeness (QED) is 0.344. The van der Waals surface area contributed by atoms with Gasteiger partial charge in [-0.1, -0.05) is 28.8 Å². The summed E-state index contributed by atoms with van der Waals surface area (Å²) in [5, 5.41) is 4.23. The maximum Gasteiger partial charge on any atom is 0.163 e. The molecule has 0 radical (unpaired) electrons. The van der Waals surface area contributed by atoms with Gasteiger partial charge in [0.05, 0.1) is 10.5 Å². The Hall–Kier alpha value is -2.78. The molecule has 2 aromatic carbocycles. The highest BCUT2D eigenvalue weighted by molar-refractivity contribution is 7.91. The van der Waals surface area contributed by atoms with E-state index >= 15 is 0 Å². The molecule has 6 nitrogen and oxygen atoms in total. The maximum atomic E-state index is 13.7. The number of nitrogens with zero attached hydrogens (tertiary/aromatic N) is 4. The van der Waals surface area contributed by atoms with Crippen LogP contribution in [0.5, 0.6) is 0 Å². The van der Waals surface area contributed by atoms with Gasteiger partial charge in [0, 0.05) is 42.1 Å². The van der Waals surface area contributed by atoms with Crippen molar-refractivity contribution in [2.24, 2.45) is 0 Å². The number of fused-ring (bicyclic) bond motifs is 1. The summed E-state index contributed by atoms with van der Waals surface area (Å²) < 4.78 is 25.3. The van der Waals surface area contributed by atoms with Gasteiger partial charge < -0.3 is 9.87 Å². The van der Waals surface area contributed by atoms with Crippen LogP contribution < -0.4 is 5.32 Å². The van der Waals surface area contributed by atoms with Crippen molar-refractivity contribution in [2.45, 2.75) is 12.8 Å². The molecule has 0 aliphatic carbocycles. The van der Waals surface area contributed by atoms with Crippen LogP contribution in [0.3, 0.4) is 0 Å². The molecule has 3 heterocycles. The Morgan fingerprint density at radius 3 is 2.71 bits per heavy atom. The van der Waals surface area contributed by atoms with E-state index in [4.69, 9.17) is 21.6 Å². The molecule has 4 aromatic rings. The fourth-order valence-electron chi connectivity index (χ4n) is 4.17. The summed E-state index contributed by atoms with van der Waals surface area (Å²) in [6.07, 6.45) is 5.37. The first-order valence-corrected chi connectivity index (χ1v) is 13.4. The highest BCUT2D eigenvalue weighted by atomic mass is 35.5. The van der Waals surface area contributed by atoms with Crippen molar-refractivity contribution in [1.29, 1.82) is 0 Å². The lowest BCUT2D eigenvalue weighted by Crippen LogP contribution is -2.40. The van der Waals surface area contributed by atoms with Crippen LogP contribution in [0.1, 0.15) is 12.0 Å². The molecule has 0 bridgehead atoms. The minimum atomic E-state index is -0.652. The number of pyridine rings is 1. The lowest BCUT2D eigenvalue weighted by Gasteiger charge is -2.27. The van der Waals surface area contributed by atoms with Crippen molar-refractivity contribution < 1.29 is 8.94 Å². The monoisotopic (exact) mass is 509 g/mol. The Balaban J connectivity index is 1.42. The topological polar surface area (TPSA) is 77.0 Å². The summed E-state index contributed by atoms with van der Waals surface area (Å²) in [4.78, 5) is 16.1. The van der Waals surface area contributed by atoms with Gasteiger partial charge in [0.1, 0.15) is 23.1 Å². The molecule has 0 amide bonds. The fraction of sp³-hybridized carbons (Fsp3) is 0.269. The van der Waals surface area contributed by atoms with Gasteiger partial charge in [-0.15, -0.1) is 0 Å². The zero-order valence-electron chi connectivity index (χ0n) is 19.1. The molecular formula is C26H25ClFN5OS. The second-order valence-corrected chi connectivity index (χ2v) is 10.6. The van der Waals surface area contributed by atoms with Gasteiger partial charge in [0.2, 0.25) is 0 Å². The number of aromatic nitrogens is 3. The summed E-state index contributed by atoms with van der Waals surface area (Å²) >= 11 is 5.35. The van der Waals surface area contributed by atoms with Gasteiger partial charge in [-0.05, 0) is 67.4 Å². The number of anilines is 2. The van der Waals surface area contributed by atoms with Crippen molar-refractivity contribution in [3.05, 3.63) is 77.3 Å². The predicted molar refractivity (Wildman–Crippen MR) is 140 cm³/mol. The van der Waals surface area contributed by atoms with Gasteiger partial charge in [-0.25, -0.2) is 14.4 Å². The summed E-state index contributed by atoms with van der Waals surface area (Å²) in [7, 11) is 0. The first-order chi connectivity index (χ1) is 17.0. The van der Waals surface area contributed by atoms with Gasteiger partial charge in [0.15, 0.2) is 5.82 Å². The van der Waals surface area contributed by atoms with Gasteiger partial charge in [-0.2, -0.15) is 0 Å². The highest BCUT2D eigenvalue weighted by Crippen LogP contribution is 2.30. The normalized spacial score (nSPS) is 14.9. The number of aryl methyl sites for hydroxylation is 1. The van der Waals surface area contributed by atoms with Crippen LogP contribution in [0.2, 0.25) is 5.02 Å². The molecule has 1 aliphatic heterocycles. The second kappa shape index (κ2) is 10.9. The molecule has 1 saturated heterocycles. The van der Waals surface area contributed by atoms with Crippen molar-refractivity contribution >= 4 is 45.2 Å². The second-order valence-electron chi connectivity index (χ2n) is 8.54. The van der Waals surface area contributed by atoms with E-state index in [1.54, 1.807) is 24.5 Å². The zero-order chi connectivity index (χ0) is 24.2. The average molecular weight is 510 g/mol. The van der Waals surface area contributed by atoms with Gasteiger partial charge in [-0.3, -0.25) is 9.88 Å². The van der Waals surface area contributed by atoms with E-state index in [1.807, 2.05) is 18.2 Å². The molecule has 1 fully saturated rings. The largest absolute Gasteiger partial charge is 0.616 e. The maximum absolute atomic E-state index is 13.7. The lowest BCUT2D eigenvalue weighted by molar-refractivity contribution is 0.292. The van der Waals surface area contributed by atoms with Crippen molar-refractivity contribution in [3.8, 4) is 11.4 Å². The van der Waals surface area contributed by atoms with Gasteiger partial charge >= 0.3 is 0 Å². The lowest BCUT2D eigenvalue weighted by atomic mass is 10.1. The number of benzene rings is 2. The van der Waals surface area contributed by atoms with E-state index < -0.39 is 17.0 Å². The van der Waals surface area contributed by atoms with Crippen LogP contribution in [0, 0.1) is 5.82 Å². The SMILES string of the molecule is [O-][S+]1CCN(CCCc2ccc3nc(-c4cccnc4)nc(Nc4ccc(F)c(Cl)c4)c3c2)CC1. The predicted octanol–water partition coefficient (Wildman–Crippen LogP) is 5.22. The van der Waals surface area contributed by atoms with E-state index in [9.17, 15) is 8.94 Å². The smallest absolute Gasteiger partial charge is 0.163 e. The third kappa shape index (κ3) is 5.90. The first kappa shape index (κ1) is 23.9. The van der Waals surface area contributed by atoms with Crippen LogP contribution in [-0.2, 0) is 17.6 Å². The van der Waals surface area contributed by atoms with E-state index in [1.165, 1.54) is 11.6 Å². The van der Waals surface area contributed by atoms with Crippen LogP contribution in [0.15, 0.2) is 60.9 Å². The molecule has 1 N–H and O–H groups in total. The van der Waals surface area contributed by atoms with Crippen LogP contribution in [0.4, 0.5) is 15.9 Å². The summed E-state index contributed by atoms with van der Waals surface area (Å²) in [6.45, 7) is 2.80. The van der Waals surface area contributed by atoms with Crippen LogP contribution in [0.25, 0.3) is 22.3 Å².